The molecule has 0 radical (unpaired) electrons. The molecule has 0 amide bonds. The highest BCUT2D eigenvalue weighted by Gasteiger charge is 2.02. The number of hydrogen-bond acceptors (Lipinski definition) is 5. The van der Waals surface area contributed by atoms with E-state index >= 15 is 0 Å². The third kappa shape index (κ3) is 2.66. The van der Waals surface area contributed by atoms with Crippen LogP contribution in [0.1, 0.15) is 5.56 Å². The van der Waals surface area contributed by atoms with E-state index in [1.54, 1.807) is 25.8 Å². The monoisotopic (exact) mass is 216 g/mol. The number of ether oxygens (including phenoxy) is 1. The standard InChI is InChI=1S/C11H12N4O/c1-16-11-4-2-9(3-5-11)6-14-15-10-7-12-13-8-10/h2-8,10,15H,1H3/b14-6+. The second-order valence-corrected chi connectivity index (χ2v) is 3.22. The molecule has 5 heteroatoms. The van der Waals surface area contributed by atoms with Gasteiger partial charge in [-0.15, -0.1) is 0 Å². The van der Waals surface area contributed by atoms with Gasteiger partial charge in [0.05, 0.1) is 25.8 Å². The molecule has 82 valence electrons. The molecule has 0 bridgehead atoms. The lowest BCUT2D eigenvalue weighted by Gasteiger charge is -2.01. The van der Waals surface area contributed by atoms with E-state index < -0.39 is 0 Å². The Morgan fingerprint density at radius 2 is 1.94 bits per heavy atom. The van der Waals surface area contributed by atoms with Gasteiger partial charge in [-0.1, -0.05) is 0 Å². The van der Waals surface area contributed by atoms with Gasteiger partial charge in [-0.3, -0.25) is 5.43 Å². The van der Waals surface area contributed by atoms with Crippen molar-refractivity contribution >= 4 is 18.6 Å². The van der Waals surface area contributed by atoms with Crippen molar-refractivity contribution in [1.82, 2.24) is 5.43 Å². The van der Waals surface area contributed by atoms with Crippen molar-refractivity contribution in [1.29, 1.82) is 0 Å². The fourth-order valence-corrected chi connectivity index (χ4v) is 1.21. The molecule has 0 atom stereocenters. The predicted molar refractivity (Wildman–Crippen MR) is 64.5 cm³/mol. The molecule has 0 spiro atoms. The number of hydrogen-bond donors (Lipinski definition) is 1. The van der Waals surface area contributed by atoms with Crippen LogP contribution in [-0.4, -0.2) is 31.8 Å². The molecule has 0 saturated heterocycles. The van der Waals surface area contributed by atoms with Crippen molar-refractivity contribution in [2.75, 3.05) is 7.11 Å². The van der Waals surface area contributed by atoms with Crippen LogP contribution in [0.15, 0.2) is 39.6 Å². The van der Waals surface area contributed by atoms with E-state index in [4.69, 9.17) is 4.74 Å². The van der Waals surface area contributed by atoms with Crippen LogP contribution in [0.4, 0.5) is 0 Å². The van der Waals surface area contributed by atoms with Crippen LogP contribution < -0.4 is 10.2 Å². The first-order chi connectivity index (χ1) is 7.88. The maximum atomic E-state index is 5.06. The molecule has 0 aliphatic carbocycles. The van der Waals surface area contributed by atoms with Crippen LogP contribution >= 0.6 is 0 Å². The number of hydrazone groups is 1. The summed E-state index contributed by atoms with van der Waals surface area (Å²) in [4.78, 5) is 0. The average Bonchev–Trinajstić information content (AvgIpc) is 2.83. The van der Waals surface area contributed by atoms with E-state index in [2.05, 4.69) is 20.7 Å². The molecule has 1 aromatic rings. The van der Waals surface area contributed by atoms with Crippen LogP contribution in [0.5, 0.6) is 5.75 Å². The lowest BCUT2D eigenvalue weighted by molar-refractivity contribution is 0.415. The van der Waals surface area contributed by atoms with Crippen LogP contribution in [0, 0.1) is 0 Å². The maximum absolute atomic E-state index is 5.06. The van der Waals surface area contributed by atoms with Crippen LogP contribution in [0.3, 0.4) is 0 Å². The lowest BCUT2D eigenvalue weighted by atomic mass is 10.2. The molecule has 0 fully saturated rings. The first-order valence-corrected chi connectivity index (χ1v) is 4.88. The molecule has 16 heavy (non-hydrogen) atoms. The Hall–Kier alpha value is -2.17. The third-order valence-corrected chi connectivity index (χ3v) is 2.07. The molecule has 1 N–H and O–H groups in total. The van der Waals surface area contributed by atoms with Gasteiger partial charge in [0.25, 0.3) is 0 Å². The smallest absolute Gasteiger partial charge is 0.118 e. The largest absolute Gasteiger partial charge is 0.497 e. The molecule has 1 aliphatic rings. The van der Waals surface area contributed by atoms with Gasteiger partial charge < -0.3 is 4.74 Å². The highest BCUT2D eigenvalue weighted by Crippen LogP contribution is 2.09. The van der Waals surface area contributed by atoms with Crippen molar-refractivity contribution in [3.63, 3.8) is 0 Å². The molecular formula is C11H12N4O. The van der Waals surface area contributed by atoms with Gasteiger partial charge in [0, 0.05) is 0 Å². The molecular weight excluding hydrogens is 204 g/mol. The van der Waals surface area contributed by atoms with Crippen molar-refractivity contribution in [3.05, 3.63) is 29.8 Å². The van der Waals surface area contributed by atoms with Crippen LogP contribution in [-0.2, 0) is 0 Å². The van der Waals surface area contributed by atoms with Crippen LogP contribution in [0.25, 0.3) is 0 Å². The number of nitrogens with one attached hydrogen (secondary N) is 1. The Morgan fingerprint density at radius 3 is 2.56 bits per heavy atom. The summed E-state index contributed by atoms with van der Waals surface area (Å²) in [6.07, 6.45) is 5.11. The predicted octanol–water partition coefficient (Wildman–Crippen LogP) is 1.06. The first kappa shape index (κ1) is 10.4. The van der Waals surface area contributed by atoms with Crippen molar-refractivity contribution in [3.8, 4) is 5.75 Å². The topological polar surface area (TPSA) is 58.3 Å². The zero-order chi connectivity index (χ0) is 11.2. The van der Waals surface area contributed by atoms with E-state index in [-0.39, 0.29) is 6.04 Å². The minimum absolute atomic E-state index is 0.00509. The van der Waals surface area contributed by atoms with Gasteiger partial charge in [0.1, 0.15) is 11.8 Å². The Balaban J connectivity index is 1.90. The molecule has 1 aromatic carbocycles. The Bertz CT molecular complexity index is 410. The van der Waals surface area contributed by atoms with Gasteiger partial charge in [0.2, 0.25) is 0 Å². The molecule has 0 unspecified atom stereocenters. The summed E-state index contributed by atoms with van der Waals surface area (Å²) in [5.74, 6) is 0.833. The van der Waals surface area contributed by atoms with Gasteiger partial charge in [0.15, 0.2) is 0 Å². The second-order valence-electron chi connectivity index (χ2n) is 3.22. The van der Waals surface area contributed by atoms with Crippen molar-refractivity contribution in [2.24, 2.45) is 15.3 Å². The summed E-state index contributed by atoms with van der Waals surface area (Å²) in [5.41, 5.74) is 3.90. The average molecular weight is 216 g/mol. The summed E-state index contributed by atoms with van der Waals surface area (Å²) in [7, 11) is 1.64. The molecule has 0 aromatic heterocycles. The zero-order valence-electron chi connectivity index (χ0n) is 8.87. The molecule has 1 heterocycles. The second kappa shape index (κ2) is 5.06. The summed E-state index contributed by atoms with van der Waals surface area (Å²) >= 11 is 0. The van der Waals surface area contributed by atoms with Crippen molar-refractivity contribution < 1.29 is 4.74 Å². The zero-order valence-corrected chi connectivity index (χ0v) is 8.87. The highest BCUT2D eigenvalue weighted by atomic mass is 16.5. The lowest BCUT2D eigenvalue weighted by Crippen LogP contribution is -2.25. The summed E-state index contributed by atoms with van der Waals surface area (Å²) in [6.45, 7) is 0. The third-order valence-electron chi connectivity index (χ3n) is 2.07. The Kier molecular flexibility index (Phi) is 3.28. The molecule has 1 aliphatic heterocycles. The van der Waals surface area contributed by atoms with Gasteiger partial charge in [-0.2, -0.15) is 15.3 Å². The van der Waals surface area contributed by atoms with E-state index in [1.165, 1.54) is 0 Å². The summed E-state index contributed by atoms with van der Waals surface area (Å²) in [5, 5.41) is 11.5. The van der Waals surface area contributed by atoms with Gasteiger partial charge >= 0.3 is 0 Å². The SMILES string of the molecule is COc1ccc(/C=N/NC2C=NN=C2)cc1. The van der Waals surface area contributed by atoms with E-state index in [0.29, 0.717) is 0 Å². The fourth-order valence-electron chi connectivity index (χ4n) is 1.21. The minimum Gasteiger partial charge on any atom is -0.497 e. The molecule has 5 nitrogen and oxygen atoms in total. The van der Waals surface area contributed by atoms with Gasteiger partial charge in [-0.25, -0.2) is 0 Å². The summed E-state index contributed by atoms with van der Waals surface area (Å²) < 4.78 is 5.06. The number of methoxy groups -OCH3 is 1. The van der Waals surface area contributed by atoms with Crippen molar-refractivity contribution in [2.45, 2.75) is 6.04 Å². The Labute approximate surface area is 93.5 Å². The normalized spacial score (nSPS) is 14.8. The fraction of sp³-hybridized carbons (Fsp3) is 0.182. The molecule has 0 saturated carbocycles. The van der Waals surface area contributed by atoms with E-state index in [9.17, 15) is 0 Å². The van der Waals surface area contributed by atoms with Crippen LogP contribution in [0.2, 0.25) is 0 Å². The number of rotatable bonds is 4. The maximum Gasteiger partial charge on any atom is 0.118 e. The number of benzene rings is 1. The minimum atomic E-state index is -0.00509. The van der Waals surface area contributed by atoms with E-state index in [1.807, 2.05) is 24.3 Å². The number of nitrogens with zero attached hydrogens (tertiary/aromatic N) is 3. The summed E-state index contributed by atoms with van der Waals surface area (Å²) in [6, 6.07) is 7.64. The Morgan fingerprint density at radius 1 is 1.25 bits per heavy atom. The molecule has 2 rings (SSSR count). The quantitative estimate of drug-likeness (QED) is 0.604. The first-order valence-electron chi connectivity index (χ1n) is 4.88. The van der Waals surface area contributed by atoms with Gasteiger partial charge in [-0.05, 0) is 29.8 Å². The van der Waals surface area contributed by atoms with E-state index in [0.717, 1.165) is 11.3 Å². The highest BCUT2D eigenvalue weighted by molar-refractivity contribution is 5.91.